The highest BCUT2D eigenvalue weighted by atomic mass is 127. The zero-order chi connectivity index (χ0) is 14.7. The second-order valence-electron chi connectivity index (χ2n) is 4.80. The minimum Gasteiger partial charge on any atom is -0.491 e. The number of aliphatic hydroxyl groups is 1. The van der Waals surface area contributed by atoms with Crippen molar-refractivity contribution < 1.29 is 9.84 Å². The minimum atomic E-state index is -0.582. The van der Waals surface area contributed by atoms with Gasteiger partial charge in [0.25, 0.3) is 0 Å². The Hall–Kier alpha value is -1.60. The van der Waals surface area contributed by atoms with E-state index in [1.807, 2.05) is 53.1 Å². The summed E-state index contributed by atoms with van der Waals surface area (Å²) in [5.74, 6) is 0.768. The molecule has 1 heterocycles. The normalized spacial score (nSPS) is 12.5. The van der Waals surface area contributed by atoms with E-state index in [-0.39, 0.29) is 6.61 Å². The number of aliphatic hydroxyl groups excluding tert-OH is 1. The van der Waals surface area contributed by atoms with E-state index in [0.717, 1.165) is 20.4 Å². The summed E-state index contributed by atoms with van der Waals surface area (Å²) in [6.45, 7) is 0.720. The maximum Gasteiger partial charge on any atom is 0.119 e. The number of hydrogen-bond acceptors (Lipinski definition) is 3. The van der Waals surface area contributed by atoms with Crippen LogP contribution in [0.1, 0.15) is 0 Å². The molecule has 0 unspecified atom stereocenters. The molecule has 0 spiro atoms. The molecule has 108 valence electrons. The predicted molar refractivity (Wildman–Crippen MR) is 90.4 cm³/mol. The standard InChI is InChI=1S/C16H15IN2O2/c17-12-5-7-14(8-6-12)21-10-13(20)9-19-11-18-15-3-1-2-4-16(15)19/h1-8,11,13,20H,9-10H2/t13-/m0/s1. The molecule has 0 saturated carbocycles. The third kappa shape index (κ3) is 3.54. The lowest BCUT2D eigenvalue weighted by atomic mass is 10.3. The topological polar surface area (TPSA) is 47.3 Å². The van der Waals surface area contributed by atoms with E-state index in [2.05, 4.69) is 27.6 Å². The van der Waals surface area contributed by atoms with Gasteiger partial charge in [0.15, 0.2) is 0 Å². The number of rotatable bonds is 5. The molecule has 0 aliphatic rings. The van der Waals surface area contributed by atoms with E-state index in [9.17, 15) is 5.11 Å². The number of halogens is 1. The van der Waals surface area contributed by atoms with Crippen LogP contribution in [0.3, 0.4) is 0 Å². The predicted octanol–water partition coefficient (Wildman–Crippen LogP) is 3.08. The Balaban J connectivity index is 1.61. The van der Waals surface area contributed by atoms with Crippen LogP contribution in [0, 0.1) is 3.57 Å². The van der Waals surface area contributed by atoms with Crippen molar-refractivity contribution in [1.29, 1.82) is 0 Å². The van der Waals surface area contributed by atoms with Crippen LogP contribution < -0.4 is 4.74 Å². The van der Waals surface area contributed by atoms with Crippen molar-refractivity contribution in [2.45, 2.75) is 12.6 Å². The highest BCUT2D eigenvalue weighted by molar-refractivity contribution is 14.1. The number of aromatic nitrogens is 2. The molecular formula is C16H15IN2O2. The first kappa shape index (κ1) is 14.3. The van der Waals surface area contributed by atoms with Crippen LogP contribution in [0.5, 0.6) is 5.75 Å². The van der Waals surface area contributed by atoms with Crippen LogP contribution in [-0.4, -0.2) is 27.4 Å². The van der Waals surface area contributed by atoms with Gasteiger partial charge in [-0.05, 0) is 59.0 Å². The SMILES string of the molecule is O[C@H](COc1ccc(I)cc1)Cn1cnc2ccccc21. The summed E-state index contributed by atoms with van der Waals surface area (Å²) in [6.07, 6.45) is 1.17. The lowest BCUT2D eigenvalue weighted by molar-refractivity contribution is 0.0934. The Morgan fingerprint density at radius 1 is 1.14 bits per heavy atom. The van der Waals surface area contributed by atoms with Crippen molar-refractivity contribution in [2.75, 3.05) is 6.61 Å². The third-order valence-corrected chi connectivity index (χ3v) is 3.91. The fourth-order valence-corrected chi connectivity index (χ4v) is 2.52. The Morgan fingerprint density at radius 2 is 1.90 bits per heavy atom. The number of imidazole rings is 1. The van der Waals surface area contributed by atoms with Gasteiger partial charge in [-0.3, -0.25) is 0 Å². The minimum absolute atomic E-state index is 0.257. The second kappa shape index (κ2) is 6.44. The van der Waals surface area contributed by atoms with E-state index in [1.54, 1.807) is 6.33 Å². The van der Waals surface area contributed by atoms with Gasteiger partial charge in [0.1, 0.15) is 18.5 Å². The summed E-state index contributed by atoms with van der Waals surface area (Å²) in [5, 5.41) is 10.1. The summed E-state index contributed by atoms with van der Waals surface area (Å²) < 4.78 is 8.70. The Bertz CT molecular complexity index is 724. The molecule has 2 aromatic carbocycles. The molecule has 0 aliphatic heterocycles. The molecule has 0 bridgehead atoms. The quantitative estimate of drug-likeness (QED) is 0.677. The van der Waals surface area contributed by atoms with Crippen LogP contribution >= 0.6 is 22.6 Å². The molecule has 3 rings (SSSR count). The second-order valence-corrected chi connectivity index (χ2v) is 6.05. The number of benzene rings is 2. The van der Waals surface area contributed by atoms with Crippen LogP contribution in [0.25, 0.3) is 11.0 Å². The van der Waals surface area contributed by atoms with Gasteiger partial charge in [-0.2, -0.15) is 0 Å². The number of para-hydroxylation sites is 2. The van der Waals surface area contributed by atoms with Crippen molar-refractivity contribution >= 4 is 33.6 Å². The molecule has 5 heteroatoms. The van der Waals surface area contributed by atoms with E-state index in [0.29, 0.717) is 6.54 Å². The molecule has 0 fully saturated rings. The highest BCUT2D eigenvalue weighted by Crippen LogP contribution is 2.15. The van der Waals surface area contributed by atoms with Gasteiger partial charge >= 0.3 is 0 Å². The van der Waals surface area contributed by atoms with E-state index in [1.165, 1.54) is 0 Å². The lowest BCUT2D eigenvalue weighted by Gasteiger charge is -2.13. The highest BCUT2D eigenvalue weighted by Gasteiger charge is 2.09. The Morgan fingerprint density at radius 3 is 2.71 bits per heavy atom. The average Bonchev–Trinajstić information content (AvgIpc) is 2.90. The van der Waals surface area contributed by atoms with Gasteiger partial charge in [0, 0.05) is 3.57 Å². The van der Waals surface area contributed by atoms with E-state index in [4.69, 9.17) is 4.74 Å². The summed E-state index contributed by atoms with van der Waals surface area (Å²) >= 11 is 2.25. The molecule has 0 amide bonds. The van der Waals surface area contributed by atoms with Crippen molar-refractivity contribution in [3.63, 3.8) is 0 Å². The largest absolute Gasteiger partial charge is 0.491 e. The molecule has 0 radical (unpaired) electrons. The fourth-order valence-electron chi connectivity index (χ4n) is 2.16. The van der Waals surface area contributed by atoms with Crippen LogP contribution in [-0.2, 0) is 6.54 Å². The zero-order valence-electron chi connectivity index (χ0n) is 11.3. The maximum atomic E-state index is 10.1. The van der Waals surface area contributed by atoms with Gasteiger partial charge in [-0.25, -0.2) is 4.98 Å². The summed E-state index contributed by atoms with van der Waals surface area (Å²) in [7, 11) is 0. The summed E-state index contributed by atoms with van der Waals surface area (Å²) in [4.78, 5) is 4.31. The molecule has 3 aromatic rings. The van der Waals surface area contributed by atoms with Gasteiger partial charge in [-0.1, -0.05) is 12.1 Å². The number of fused-ring (bicyclic) bond motifs is 1. The molecule has 0 aliphatic carbocycles. The van der Waals surface area contributed by atoms with Gasteiger partial charge in [-0.15, -0.1) is 0 Å². The van der Waals surface area contributed by atoms with Crippen molar-refractivity contribution in [2.24, 2.45) is 0 Å². The van der Waals surface area contributed by atoms with Crippen molar-refractivity contribution in [3.05, 3.63) is 58.4 Å². The number of ether oxygens (including phenoxy) is 1. The van der Waals surface area contributed by atoms with Crippen molar-refractivity contribution in [1.82, 2.24) is 9.55 Å². The van der Waals surface area contributed by atoms with Crippen LogP contribution in [0.15, 0.2) is 54.9 Å². The smallest absolute Gasteiger partial charge is 0.119 e. The summed E-state index contributed by atoms with van der Waals surface area (Å²) in [5.41, 5.74) is 1.95. The van der Waals surface area contributed by atoms with E-state index < -0.39 is 6.10 Å². The fraction of sp³-hybridized carbons (Fsp3) is 0.188. The van der Waals surface area contributed by atoms with Crippen molar-refractivity contribution in [3.8, 4) is 5.75 Å². The van der Waals surface area contributed by atoms with Gasteiger partial charge in [0.2, 0.25) is 0 Å². The molecule has 21 heavy (non-hydrogen) atoms. The van der Waals surface area contributed by atoms with Crippen LogP contribution in [0.4, 0.5) is 0 Å². The third-order valence-electron chi connectivity index (χ3n) is 3.19. The Labute approximate surface area is 136 Å². The monoisotopic (exact) mass is 394 g/mol. The van der Waals surface area contributed by atoms with Gasteiger partial charge < -0.3 is 14.4 Å². The van der Waals surface area contributed by atoms with E-state index >= 15 is 0 Å². The summed E-state index contributed by atoms with van der Waals surface area (Å²) in [6, 6.07) is 15.6. The molecular weight excluding hydrogens is 379 g/mol. The molecule has 0 saturated heterocycles. The average molecular weight is 394 g/mol. The first-order chi connectivity index (χ1) is 10.2. The first-order valence-electron chi connectivity index (χ1n) is 6.69. The molecule has 4 nitrogen and oxygen atoms in total. The van der Waals surface area contributed by atoms with Crippen LogP contribution in [0.2, 0.25) is 0 Å². The molecule has 1 aromatic heterocycles. The molecule has 1 atom stereocenters. The number of nitrogens with zero attached hydrogens (tertiary/aromatic N) is 2. The Kier molecular flexibility index (Phi) is 4.40. The first-order valence-corrected chi connectivity index (χ1v) is 7.76. The number of hydrogen-bond donors (Lipinski definition) is 1. The zero-order valence-corrected chi connectivity index (χ0v) is 13.5. The molecule has 1 N–H and O–H groups in total. The maximum absolute atomic E-state index is 10.1. The van der Waals surface area contributed by atoms with Gasteiger partial charge in [0.05, 0.1) is 23.9 Å². The lowest BCUT2D eigenvalue weighted by Crippen LogP contribution is -2.23.